The maximum absolute atomic E-state index is 10.6. The third-order valence-electron chi connectivity index (χ3n) is 8.04. The minimum atomic E-state index is -0.516. The number of phenolic OH excluding ortho intramolecular Hbond substituents is 2. The molecule has 0 amide bonds. The number of fused-ring (bicyclic) bond motifs is 3. The van der Waals surface area contributed by atoms with Crippen molar-refractivity contribution in [2.45, 2.75) is 70.6 Å². The zero-order valence-electron chi connectivity index (χ0n) is 22.1. The number of rotatable bonds is 10. The molecule has 2 N–H and O–H groups in total. The summed E-state index contributed by atoms with van der Waals surface area (Å²) in [7, 11) is 0. The van der Waals surface area contributed by atoms with E-state index in [0.29, 0.717) is 11.5 Å². The second-order valence-electron chi connectivity index (χ2n) is 10.4. The van der Waals surface area contributed by atoms with E-state index in [1.165, 1.54) is 44.5 Å². The number of unbranched alkanes of at least 4 members (excludes halogenated alkanes) is 4. The molecule has 0 spiro atoms. The van der Waals surface area contributed by atoms with Crippen molar-refractivity contribution in [1.29, 1.82) is 0 Å². The van der Waals surface area contributed by atoms with Gasteiger partial charge in [-0.3, -0.25) is 0 Å². The van der Waals surface area contributed by atoms with Crippen LogP contribution < -0.4 is 0 Å². The van der Waals surface area contributed by atoms with Crippen LogP contribution in [-0.4, -0.2) is 10.2 Å². The monoisotopic (exact) mass is 490 g/mol. The lowest BCUT2D eigenvalue weighted by atomic mass is 9.64. The molecule has 0 atom stereocenters. The minimum absolute atomic E-state index is 0.318. The van der Waals surface area contributed by atoms with E-state index in [-0.39, 0.29) is 0 Å². The van der Waals surface area contributed by atoms with Crippen LogP contribution in [0.4, 0.5) is 0 Å². The van der Waals surface area contributed by atoms with Gasteiger partial charge in [-0.05, 0) is 94.5 Å². The lowest BCUT2D eigenvalue weighted by Gasteiger charge is -2.37. The summed E-state index contributed by atoms with van der Waals surface area (Å²) >= 11 is 0. The Hall–Kier alpha value is -3.52. The van der Waals surface area contributed by atoms with E-state index >= 15 is 0 Å². The summed E-state index contributed by atoms with van der Waals surface area (Å²) in [5.41, 5.74) is 9.44. The summed E-state index contributed by atoms with van der Waals surface area (Å²) in [5.74, 6) is 0.637. The Morgan fingerprint density at radius 3 is 1.38 bits per heavy atom. The Kier molecular flexibility index (Phi) is 7.37. The molecule has 5 rings (SSSR count). The average molecular weight is 491 g/mol. The van der Waals surface area contributed by atoms with Crippen molar-refractivity contribution in [1.82, 2.24) is 0 Å². The van der Waals surface area contributed by atoms with E-state index in [1.807, 2.05) is 24.3 Å². The fourth-order valence-electron chi connectivity index (χ4n) is 6.40. The van der Waals surface area contributed by atoms with Crippen LogP contribution in [0.15, 0.2) is 84.9 Å². The van der Waals surface area contributed by atoms with Crippen molar-refractivity contribution in [2.24, 2.45) is 0 Å². The van der Waals surface area contributed by atoms with E-state index in [2.05, 4.69) is 74.5 Å². The molecule has 37 heavy (non-hydrogen) atoms. The van der Waals surface area contributed by atoms with Crippen molar-refractivity contribution < 1.29 is 10.2 Å². The van der Waals surface area contributed by atoms with Gasteiger partial charge in [-0.1, -0.05) is 100 Å². The second-order valence-corrected chi connectivity index (χ2v) is 10.4. The molecule has 4 aromatic carbocycles. The molecule has 0 fully saturated rings. The summed E-state index contributed by atoms with van der Waals surface area (Å²) in [4.78, 5) is 0. The highest BCUT2D eigenvalue weighted by atomic mass is 16.3. The third kappa shape index (κ3) is 4.44. The van der Waals surface area contributed by atoms with Crippen LogP contribution in [0.3, 0.4) is 0 Å². The molecule has 190 valence electrons. The standard InChI is InChI=1S/C35H38O2/c1-3-5-7-13-25-23-27(36)19-21-31(25)35(32-22-20-28(37)24-26(32)14-8-6-4-2)33-17-11-9-15-29(33)30-16-10-12-18-34(30)35/h9-12,15-24,36-37H,3-8,13-14H2,1-2H3. The molecule has 0 saturated heterocycles. The van der Waals surface area contributed by atoms with E-state index in [9.17, 15) is 10.2 Å². The van der Waals surface area contributed by atoms with E-state index in [1.54, 1.807) is 0 Å². The van der Waals surface area contributed by atoms with Crippen molar-refractivity contribution in [2.75, 3.05) is 0 Å². The fourth-order valence-corrected chi connectivity index (χ4v) is 6.40. The topological polar surface area (TPSA) is 40.5 Å². The maximum atomic E-state index is 10.6. The molecule has 0 bridgehead atoms. The molecule has 1 aliphatic rings. The Bertz CT molecular complexity index is 1280. The number of benzene rings is 4. The van der Waals surface area contributed by atoms with Gasteiger partial charge >= 0.3 is 0 Å². The van der Waals surface area contributed by atoms with Crippen molar-refractivity contribution in [3.05, 3.63) is 118 Å². The zero-order valence-corrected chi connectivity index (χ0v) is 22.1. The molecule has 1 aliphatic carbocycles. The van der Waals surface area contributed by atoms with Crippen LogP contribution in [0.2, 0.25) is 0 Å². The summed E-state index contributed by atoms with van der Waals surface area (Å²) in [6, 6.07) is 29.5. The van der Waals surface area contributed by atoms with E-state index in [4.69, 9.17) is 0 Å². The second kappa shape index (κ2) is 10.8. The van der Waals surface area contributed by atoms with Gasteiger partial charge in [0.15, 0.2) is 0 Å². The van der Waals surface area contributed by atoms with Crippen LogP contribution in [0.1, 0.15) is 85.8 Å². The Balaban J connectivity index is 1.86. The number of aromatic hydroxyl groups is 2. The first kappa shape index (κ1) is 25.1. The SMILES string of the molecule is CCCCCc1cc(O)ccc1C1(c2ccc(O)cc2CCCCC)c2ccccc2-c2ccccc21. The first-order valence-electron chi connectivity index (χ1n) is 13.9. The quantitative estimate of drug-likeness (QED) is 0.192. The van der Waals surface area contributed by atoms with Crippen molar-refractivity contribution in [3.63, 3.8) is 0 Å². The molecular formula is C35H38O2. The summed E-state index contributed by atoms with van der Waals surface area (Å²) in [5, 5.41) is 21.2. The van der Waals surface area contributed by atoms with Gasteiger partial charge < -0.3 is 10.2 Å². The van der Waals surface area contributed by atoms with Crippen molar-refractivity contribution in [3.8, 4) is 22.6 Å². The molecule has 0 unspecified atom stereocenters. The molecule has 0 aromatic heterocycles. The van der Waals surface area contributed by atoms with Crippen molar-refractivity contribution >= 4 is 0 Å². The van der Waals surface area contributed by atoms with Gasteiger partial charge in [0, 0.05) is 0 Å². The van der Waals surface area contributed by atoms with Gasteiger partial charge in [0.2, 0.25) is 0 Å². The molecule has 0 saturated carbocycles. The van der Waals surface area contributed by atoms with Gasteiger partial charge in [0.05, 0.1) is 5.41 Å². The lowest BCUT2D eigenvalue weighted by molar-refractivity contribution is 0.473. The highest BCUT2D eigenvalue weighted by Crippen LogP contribution is 2.57. The highest BCUT2D eigenvalue weighted by molar-refractivity contribution is 5.87. The van der Waals surface area contributed by atoms with E-state index < -0.39 is 5.41 Å². The lowest BCUT2D eigenvalue weighted by Crippen LogP contribution is -2.31. The molecule has 4 aromatic rings. The zero-order chi connectivity index (χ0) is 25.8. The molecular weight excluding hydrogens is 452 g/mol. The highest BCUT2D eigenvalue weighted by Gasteiger charge is 2.47. The molecule has 2 nitrogen and oxygen atoms in total. The van der Waals surface area contributed by atoms with Crippen LogP contribution in [0.5, 0.6) is 11.5 Å². The third-order valence-corrected chi connectivity index (χ3v) is 8.04. The van der Waals surface area contributed by atoms with Crippen LogP contribution in [0.25, 0.3) is 11.1 Å². The Labute approximate surface area is 221 Å². The summed E-state index contributed by atoms with van der Waals surface area (Å²) in [6.45, 7) is 4.46. The molecule has 0 aliphatic heterocycles. The van der Waals surface area contributed by atoms with Crippen LogP contribution in [-0.2, 0) is 18.3 Å². The first-order chi connectivity index (χ1) is 18.1. The van der Waals surface area contributed by atoms with Gasteiger partial charge in [-0.2, -0.15) is 0 Å². The molecule has 0 radical (unpaired) electrons. The predicted octanol–water partition coefficient (Wildman–Crippen LogP) is 8.93. The maximum Gasteiger partial charge on any atom is 0.115 e. The Morgan fingerprint density at radius 2 is 0.946 bits per heavy atom. The number of aryl methyl sites for hydroxylation is 2. The number of hydrogen-bond acceptors (Lipinski definition) is 2. The smallest absolute Gasteiger partial charge is 0.115 e. The Morgan fingerprint density at radius 1 is 0.514 bits per heavy atom. The first-order valence-corrected chi connectivity index (χ1v) is 13.9. The van der Waals surface area contributed by atoms with Gasteiger partial charge in [0.1, 0.15) is 11.5 Å². The average Bonchev–Trinajstić information content (AvgIpc) is 3.20. The molecule has 0 heterocycles. The van der Waals surface area contributed by atoms with Crippen LogP contribution >= 0.6 is 0 Å². The van der Waals surface area contributed by atoms with Gasteiger partial charge in [-0.15, -0.1) is 0 Å². The number of hydrogen-bond donors (Lipinski definition) is 2. The summed E-state index contributed by atoms with van der Waals surface area (Å²) < 4.78 is 0. The normalized spacial score (nSPS) is 13.4. The molecule has 2 heteroatoms. The summed E-state index contributed by atoms with van der Waals surface area (Å²) in [6.07, 6.45) is 8.67. The van der Waals surface area contributed by atoms with Gasteiger partial charge in [-0.25, -0.2) is 0 Å². The largest absolute Gasteiger partial charge is 0.508 e. The fraction of sp³-hybridized carbons (Fsp3) is 0.314. The minimum Gasteiger partial charge on any atom is -0.508 e. The number of phenols is 2. The van der Waals surface area contributed by atoms with Gasteiger partial charge in [0.25, 0.3) is 0 Å². The van der Waals surface area contributed by atoms with Crippen LogP contribution in [0, 0.1) is 0 Å². The van der Waals surface area contributed by atoms with E-state index in [0.717, 1.165) is 51.4 Å². The predicted molar refractivity (Wildman–Crippen MR) is 154 cm³/mol.